The molecule has 0 radical (unpaired) electrons. The van der Waals surface area contributed by atoms with E-state index in [9.17, 15) is 13.2 Å². The van der Waals surface area contributed by atoms with Crippen LogP contribution in [-0.2, 0) is 35.0 Å². The Kier molecular flexibility index (Phi) is 6.38. The van der Waals surface area contributed by atoms with Crippen molar-refractivity contribution in [1.82, 2.24) is 33.9 Å². The predicted molar refractivity (Wildman–Crippen MR) is 117 cm³/mol. The SMILES string of the molecule is Cc1nc(S(=O)(=O)N2CCC(C(=O)NCc3cccc(Cn4cncn4)c3)CC2)cn1C. The number of hydrogen-bond acceptors (Lipinski definition) is 6. The summed E-state index contributed by atoms with van der Waals surface area (Å²) in [5.41, 5.74) is 2.08. The number of nitrogens with one attached hydrogen (secondary N) is 1. The highest BCUT2D eigenvalue weighted by Gasteiger charge is 2.33. The van der Waals surface area contributed by atoms with Gasteiger partial charge in [-0.2, -0.15) is 9.40 Å². The summed E-state index contributed by atoms with van der Waals surface area (Å²) in [7, 11) is -1.87. The van der Waals surface area contributed by atoms with Crippen LogP contribution in [0.5, 0.6) is 0 Å². The molecule has 170 valence electrons. The lowest BCUT2D eigenvalue weighted by atomic mass is 9.97. The third-order valence-corrected chi connectivity index (χ3v) is 7.55. The minimum absolute atomic E-state index is 0.0441. The number of amides is 1. The number of benzene rings is 1. The highest BCUT2D eigenvalue weighted by atomic mass is 32.2. The molecule has 1 aliphatic heterocycles. The number of rotatable bonds is 7. The van der Waals surface area contributed by atoms with Gasteiger partial charge in [0.15, 0.2) is 5.03 Å². The van der Waals surface area contributed by atoms with Crippen LogP contribution in [-0.4, -0.2) is 56.0 Å². The van der Waals surface area contributed by atoms with E-state index in [4.69, 9.17) is 0 Å². The lowest BCUT2D eigenvalue weighted by molar-refractivity contribution is -0.126. The molecule has 1 amide bonds. The van der Waals surface area contributed by atoms with Gasteiger partial charge in [-0.1, -0.05) is 24.3 Å². The Morgan fingerprint density at radius 1 is 1.22 bits per heavy atom. The Bertz CT molecular complexity index is 1160. The smallest absolute Gasteiger partial charge is 0.262 e. The molecule has 0 unspecified atom stereocenters. The first-order valence-electron chi connectivity index (χ1n) is 10.5. The van der Waals surface area contributed by atoms with Crippen LogP contribution in [0.1, 0.15) is 29.8 Å². The third kappa shape index (κ3) is 4.89. The van der Waals surface area contributed by atoms with Gasteiger partial charge in [0.25, 0.3) is 10.0 Å². The van der Waals surface area contributed by atoms with E-state index >= 15 is 0 Å². The topological polar surface area (TPSA) is 115 Å². The van der Waals surface area contributed by atoms with Crippen molar-refractivity contribution in [2.75, 3.05) is 13.1 Å². The lowest BCUT2D eigenvalue weighted by Crippen LogP contribution is -2.43. The molecule has 2 aromatic heterocycles. The molecular weight excluding hydrogens is 430 g/mol. The number of piperidine rings is 1. The fraction of sp³-hybridized carbons (Fsp3) is 0.429. The number of carbonyl (C=O) groups is 1. The van der Waals surface area contributed by atoms with Gasteiger partial charge in [-0.05, 0) is 30.9 Å². The van der Waals surface area contributed by atoms with E-state index in [2.05, 4.69) is 20.4 Å². The number of aromatic nitrogens is 5. The fourth-order valence-corrected chi connectivity index (χ4v) is 5.31. The van der Waals surface area contributed by atoms with Crippen LogP contribution in [0.25, 0.3) is 0 Å². The Hall–Kier alpha value is -3.05. The number of hydrogen-bond donors (Lipinski definition) is 1. The normalized spacial score (nSPS) is 15.7. The molecule has 1 saturated heterocycles. The van der Waals surface area contributed by atoms with E-state index in [-0.39, 0.29) is 16.9 Å². The molecule has 0 atom stereocenters. The maximum atomic E-state index is 12.8. The summed E-state index contributed by atoms with van der Waals surface area (Å²) in [4.78, 5) is 20.8. The van der Waals surface area contributed by atoms with E-state index in [1.54, 1.807) is 29.5 Å². The average molecular weight is 458 g/mol. The van der Waals surface area contributed by atoms with Crippen LogP contribution in [0.15, 0.2) is 48.1 Å². The molecule has 10 nitrogen and oxygen atoms in total. The van der Waals surface area contributed by atoms with Crippen molar-refractivity contribution in [1.29, 1.82) is 0 Å². The summed E-state index contributed by atoms with van der Waals surface area (Å²) < 4.78 is 30.5. The molecule has 0 aliphatic carbocycles. The molecule has 3 aromatic rings. The number of carbonyl (C=O) groups excluding carboxylic acids is 1. The summed E-state index contributed by atoms with van der Waals surface area (Å²) >= 11 is 0. The van der Waals surface area contributed by atoms with E-state index < -0.39 is 10.0 Å². The molecule has 1 aliphatic rings. The number of aryl methyl sites for hydroxylation is 2. The molecule has 11 heteroatoms. The van der Waals surface area contributed by atoms with Gasteiger partial charge in [0, 0.05) is 38.8 Å². The number of sulfonamides is 1. The van der Waals surface area contributed by atoms with Gasteiger partial charge < -0.3 is 9.88 Å². The average Bonchev–Trinajstić information content (AvgIpc) is 3.42. The van der Waals surface area contributed by atoms with Crippen molar-refractivity contribution >= 4 is 15.9 Å². The zero-order valence-corrected chi connectivity index (χ0v) is 19.0. The van der Waals surface area contributed by atoms with Gasteiger partial charge in [-0.15, -0.1) is 0 Å². The van der Waals surface area contributed by atoms with Gasteiger partial charge in [-0.3, -0.25) is 4.79 Å². The highest BCUT2D eigenvalue weighted by Crippen LogP contribution is 2.23. The Morgan fingerprint density at radius 3 is 2.62 bits per heavy atom. The summed E-state index contributed by atoms with van der Waals surface area (Å²) in [5.74, 6) is 0.394. The minimum Gasteiger partial charge on any atom is -0.352 e. The monoisotopic (exact) mass is 457 g/mol. The van der Waals surface area contributed by atoms with Crippen LogP contribution in [0, 0.1) is 12.8 Å². The van der Waals surface area contributed by atoms with Gasteiger partial charge >= 0.3 is 0 Å². The van der Waals surface area contributed by atoms with Gasteiger partial charge in [0.05, 0.1) is 6.54 Å². The first-order chi connectivity index (χ1) is 15.3. The Labute approximate surface area is 187 Å². The van der Waals surface area contributed by atoms with Crippen molar-refractivity contribution in [3.05, 3.63) is 60.1 Å². The van der Waals surface area contributed by atoms with Crippen LogP contribution in [0.2, 0.25) is 0 Å². The number of imidazole rings is 1. The van der Waals surface area contributed by atoms with Crippen LogP contribution >= 0.6 is 0 Å². The molecule has 0 saturated carbocycles. The molecule has 32 heavy (non-hydrogen) atoms. The first-order valence-corrected chi connectivity index (χ1v) is 11.9. The van der Waals surface area contributed by atoms with E-state index in [1.807, 2.05) is 24.3 Å². The van der Waals surface area contributed by atoms with Gasteiger partial charge in [0.2, 0.25) is 5.91 Å². The summed E-state index contributed by atoms with van der Waals surface area (Å²) in [6.45, 7) is 3.42. The summed E-state index contributed by atoms with van der Waals surface area (Å²) in [5, 5.41) is 7.16. The fourth-order valence-electron chi connectivity index (χ4n) is 3.81. The molecule has 4 rings (SSSR count). The predicted octanol–water partition coefficient (Wildman–Crippen LogP) is 1.09. The zero-order chi connectivity index (χ0) is 22.7. The maximum absolute atomic E-state index is 12.8. The molecular formula is C21H27N7O3S. The first kappa shape index (κ1) is 22.2. The number of nitrogens with zero attached hydrogens (tertiary/aromatic N) is 6. The second kappa shape index (κ2) is 9.21. The minimum atomic E-state index is -3.64. The molecule has 1 aromatic carbocycles. The highest BCUT2D eigenvalue weighted by molar-refractivity contribution is 7.89. The van der Waals surface area contributed by atoms with Crippen molar-refractivity contribution < 1.29 is 13.2 Å². The van der Waals surface area contributed by atoms with Crippen molar-refractivity contribution in [3.63, 3.8) is 0 Å². The second-order valence-electron chi connectivity index (χ2n) is 8.05. The lowest BCUT2D eigenvalue weighted by Gasteiger charge is -2.30. The molecule has 1 fully saturated rings. The van der Waals surface area contributed by atoms with E-state index in [0.717, 1.165) is 11.1 Å². The second-order valence-corrected chi connectivity index (χ2v) is 9.93. The third-order valence-electron chi connectivity index (χ3n) is 5.78. The maximum Gasteiger partial charge on any atom is 0.262 e. The van der Waals surface area contributed by atoms with Crippen molar-refractivity contribution in [3.8, 4) is 0 Å². The molecule has 0 bridgehead atoms. The molecule has 3 heterocycles. The Morgan fingerprint density at radius 2 is 1.97 bits per heavy atom. The largest absolute Gasteiger partial charge is 0.352 e. The van der Waals surface area contributed by atoms with Crippen LogP contribution < -0.4 is 5.32 Å². The Balaban J connectivity index is 1.29. The molecule has 1 N–H and O–H groups in total. The summed E-state index contributed by atoms with van der Waals surface area (Å²) in [6, 6.07) is 7.96. The van der Waals surface area contributed by atoms with E-state index in [0.29, 0.717) is 44.8 Å². The quantitative estimate of drug-likeness (QED) is 0.568. The van der Waals surface area contributed by atoms with Crippen LogP contribution in [0.3, 0.4) is 0 Å². The zero-order valence-electron chi connectivity index (χ0n) is 18.2. The van der Waals surface area contributed by atoms with Crippen molar-refractivity contribution in [2.45, 2.75) is 37.9 Å². The standard InChI is InChI=1S/C21H27N7O3S/c1-16-25-20(13-26(16)2)32(30,31)28-8-6-19(7-9-28)21(29)23-11-17-4-3-5-18(10-17)12-27-15-22-14-24-27/h3-5,10,13-15,19H,6-9,11-12H2,1-2H3,(H,23,29). The van der Waals surface area contributed by atoms with E-state index in [1.165, 1.54) is 16.8 Å². The van der Waals surface area contributed by atoms with Crippen LogP contribution in [0.4, 0.5) is 0 Å². The van der Waals surface area contributed by atoms with Gasteiger partial charge in [-0.25, -0.2) is 23.1 Å². The van der Waals surface area contributed by atoms with Crippen molar-refractivity contribution in [2.24, 2.45) is 13.0 Å². The van der Waals surface area contributed by atoms with Gasteiger partial charge in [0.1, 0.15) is 18.5 Å². The molecule has 0 spiro atoms. The summed E-state index contributed by atoms with van der Waals surface area (Å²) in [6.07, 6.45) is 5.67.